The van der Waals surface area contributed by atoms with Crippen LogP contribution in [0.15, 0.2) is 18.2 Å². The van der Waals surface area contributed by atoms with E-state index in [1.807, 2.05) is 25.1 Å². The molecule has 3 heteroatoms. The standard InChI is InChI=1S/C13H18O3/c1-9-3-4-10(7-12(9)15-2)13(14)11-5-6-16-8-11/h3-4,7,11,13-14H,5-6,8H2,1-2H3. The molecule has 1 fully saturated rings. The molecule has 1 aliphatic heterocycles. The number of hydrogen-bond donors (Lipinski definition) is 1. The number of benzene rings is 1. The van der Waals surface area contributed by atoms with Gasteiger partial charge in [-0.15, -0.1) is 0 Å². The number of hydrogen-bond acceptors (Lipinski definition) is 3. The van der Waals surface area contributed by atoms with Crippen LogP contribution in [-0.2, 0) is 4.74 Å². The highest BCUT2D eigenvalue weighted by atomic mass is 16.5. The van der Waals surface area contributed by atoms with Crippen molar-refractivity contribution in [3.05, 3.63) is 29.3 Å². The Bertz CT molecular complexity index is 356. The van der Waals surface area contributed by atoms with E-state index in [-0.39, 0.29) is 5.92 Å². The third-order valence-corrected chi connectivity index (χ3v) is 3.19. The van der Waals surface area contributed by atoms with E-state index >= 15 is 0 Å². The van der Waals surface area contributed by atoms with E-state index in [0.29, 0.717) is 6.61 Å². The summed E-state index contributed by atoms with van der Waals surface area (Å²) in [5, 5.41) is 10.2. The smallest absolute Gasteiger partial charge is 0.122 e. The fourth-order valence-corrected chi connectivity index (χ4v) is 2.09. The number of aryl methyl sites for hydroxylation is 1. The predicted molar refractivity (Wildman–Crippen MR) is 61.6 cm³/mol. The molecule has 1 heterocycles. The lowest BCUT2D eigenvalue weighted by molar-refractivity contribution is 0.0916. The Balaban J connectivity index is 2.19. The number of ether oxygens (including phenoxy) is 2. The Morgan fingerprint density at radius 1 is 1.50 bits per heavy atom. The van der Waals surface area contributed by atoms with Gasteiger partial charge in [0.1, 0.15) is 5.75 Å². The minimum Gasteiger partial charge on any atom is -0.496 e. The third kappa shape index (κ3) is 2.20. The maximum atomic E-state index is 10.2. The van der Waals surface area contributed by atoms with E-state index in [1.54, 1.807) is 7.11 Å². The normalized spacial score (nSPS) is 22.1. The lowest BCUT2D eigenvalue weighted by atomic mass is 9.94. The zero-order valence-electron chi connectivity index (χ0n) is 9.77. The van der Waals surface area contributed by atoms with Crippen molar-refractivity contribution in [3.63, 3.8) is 0 Å². The van der Waals surface area contributed by atoms with Gasteiger partial charge in [-0.2, -0.15) is 0 Å². The molecule has 0 aliphatic carbocycles. The second kappa shape index (κ2) is 4.85. The number of aliphatic hydroxyl groups is 1. The summed E-state index contributed by atoms with van der Waals surface area (Å²) in [6.45, 7) is 3.40. The molecule has 88 valence electrons. The average Bonchev–Trinajstić information content (AvgIpc) is 2.82. The lowest BCUT2D eigenvalue weighted by Crippen LogP contribution is -2.12. The quantitative estimate of drug-likeness (QED) is 0.851. The zero-order chi connectivity index (χ0) is 11.5. The summed E-state index contributed by atoms with van der Waals surface area (Å²) in [6, 6.07) is 5.85. The van der Waals surface area contributed by atoms with Gasteiger partial charge in [0.05, 0.1) is 19.8 Å². The molecule has 16 heavy (non-hydrogen) atoms. The second-order valence-corrected chi connectivity index (χ2v) is 4.30. The molecule has 3 nitrogen and oxygen atoms in total. The predicted octanol–water partition coefficient (Wildman–Crippen LogP) is 2.07. The molecule has 0 radical (unpaired) electrons. The highest BCUT2D eigenvalue weighted by Crippen LogP contribution is 2.31. The number of aliphatic hydroxyl groups excluding tert-OH is 1. The van der Waals surface area contributed by atoms with Gasteiger partial charge in [0.2, 0.25) is 0 Å². The Kier molecular flexibility index (Phi) is 3.46. The number of methoxy groups -OCH3 is 1. The van der Waals surface area contributed by atoms with Gasteiger partial charge in [-0.1, -0.05) is 12.1 Å². The van der Waals surface area contributed by atoms with Gasteiger partial charge in [0.15, 0.2) is 0 Å². The van der Waals surface area contributed by atoms with Crippen LogP contribution in [-0.4, -0.2) is 25.4 Å². The van der Waals surface area contributed by atoms with Crippen LogP contribution in [0.3, 0.4) is 0 Å². The topological polar surface area (TPSA) is 38.7 Å². The first kappa shape index (κ1) is 11.4. The van der Waals surface area contributed by atoms with Crippen LogP contribution in [0.5, 0.6) is 5.75 Å². The summed E-state index contributed by atoms with van der Waals surface area (Å²) >= 11 is 0. The summed E-state index contributed by atoms with van der Waals surface area (Å²) in [6.07, 6.45) is 0.481. The van der Waals surface area contributed by atoms with Crippen LogP contribution >= 0.6 is 0 Å². The Labute approximate surface area is 96.0 Å². The van der Waals surface area contributed by atoms with Gasteiger partial charge in [0.25, 0.3) is 0 Å². The molecule has 0 bridgehead atoms. The summed E-state index contributed by atoms with van der Waals surface area (Å²) in [5.41, 5.74) is 2.00. The van der Waals surface area contributed by atoms with Crippen LogP contribution in [0.4, 0.5) is 0 Å². The van der Waals surface area contributed by atoms with Gasteiger partial charge in [-0.25, -0.2) is 0 Å². The molecular weight excluding hydrogens is 204 g/mol. The average molecular weight is 222 g/mol. The Hall–Kier alpha value is -1.06. The molecule has 0 spiro atoms. The maximum Gasteiger partial charge on any atom is 0.122 e. The Morgan fingerprint density at radius 2 is 2.31 bits per heavy atom. The van der Waals surface area contributed by atoms with Crippen molar-refractivity contribution in [1.82, 2.24) is 0 Å². The summed E-state index contributed by atoms with van der Waals surface area (Å²) in [7, 11) is 1.65. The van der Waals surface area contributed by atoms with Crippen molar-refractivity contribution in [2.45, 2.75) is 19.4 Å². The van der Waals surface area contributed by atoms with Crippen molar-refractivity contribution in [2.75, 3.05) is 20.3 Å². The molecule has 0 amide bonds. The minimum atomic E-state index is -0.447. The van der Waals surface area contributed by atoms with E-state index in [0.717, 1.165) is 29.9 Å². The summed E-state index contributed by atoms with van der Waals surface area (Å²) < 4.78 is 10.5. The summed E-state index contributed by atoms with van der Waals surface area (Å²) in [4.78, 5) is 0. The third-order valence-electron chi connectivity index (χ3n) is 3.19. The molecule has 2 atom stereocenters. The Morgan fingerprint density at radius 3 is 2.94 bits per heavy atom. The van der Waals surface area contributed by atoms with E-state index in [1.165, 1.54) is 0 Å². The van der Waals surface area contributed by atoms with Crippen LogP contribution < -0.4 is 4.74 Å². The molecule has 1 aliphatic rings. The lowest BCUT2D eigenvalue weighted by Gasteiger charge is -2.18. The van der Waals surface area contributed by atoms with E-state index in [9.17, 15) is 5.11 Å². The molecule has 2 rings (SSSR count). The number of rotatable bonds is 3. The van der Waals surface area contributed by atoms with E-state index in [2.05, 4.69) is 0 Å². The van der Waals surface area contributed by atoms with Crippen LogP contribution in [0.25, 0.3) is 0 Å². The zero-order valence-corrected chi connectivity index (χ0v) is 9.77. The molecule has 1 aromatic rings. The van der Waals surface area contributed by atoms with Crippen molar-refractivity contribution in [1.29, 1.82) is 0 Å². The molecule has 1 N–H and O–H groups in total. The monoisotopic (exact) mass is 222 g/mol. The van der Waals surface area contributed by atoms with Gasteiger partial charge >= 0.3 is 0 Å². The first-order chi connectivity index (χ1) is 7.72. The summed E-state index contributed by atoms with van der Waals surface area (Å²) in [5.74, 6) is 1.04. The SMILES string of the molecule is COc1cc(C(O)C2CCOC2)ccc1C. The second-order valence-electron chi connectivity index (χ2n) is 4.30. The maximum absolute atomic E-state index is 10.2. The fraction of sp³-hybridized carbons (Fsp3) is 0.538. The van der Waals surface area contributed by atoms with Gasteiger partial charge in [-0.05, 0) is 30.5 Å². The highest BCUT2D eigenvalue weighted by molar-refractivity contribution is 5.37. The van der Waals surface area contributed by atoms with Crippen molar-refractivity contribution < 1.29 is 14.6 Å². The van der Waals surface area contributed by atoms with Crippen LogP contribution in [0.1, 0.15) is 23.7 Å². The van der Waals surface area contributed by atoms with Gasteiger partial charge in [0, 0.05) is 12.5 Å². The highest BCUT2D eigenvalue weighted by Gasteiger charge is 2.25. The van der Waals surface area contributed by atoms with Crippen molar-refractivity contribution in [3.8, 4) is 5.75 Å². The molecule has 1 saturated heterocycles. The molecule has 0 saturated carbocycles. The van der Waals surface area contributed by atoms with Gasteiger partial charge in [-0.3, -0.25) is 0 Å². The molecule has 2 unspecified atom stereocenters. The fourth-order valence-electron chi connectivity index (χ4n) is 2.09. The molecule has 1 aromatic carbocycles. The first-order valence-electron chi connectivity index (χ1n) is 5.62. The van der Waals surface area contributed by atoms with E-state index < -0.39 is 6.10 Å². The van der Waals surface area contributed by atoms with Crippen molar-refractivity contribution in [2.24, 2.45) is 5.92 Å². The molecule has 0 aromatic heterocycles. The van der Waals surface area contributed by atoms with E-state index in [4.69, 9.17) is 9.47 Å². The minimum absolute atomic E-state index is 0.215. The van der Waals surface area contributed by atoms with Gasteiger partial charge < -0.3 is 14.6 Å². The molecular formula is C13H18O3. The van der Waals surface area contributed by atoms with Crippen molar-refractivity contribution >= 4 is 0 Å². The first-order valence-corrected chi connectivity index (χ1v) is 5.62. The van der Waals surface area contributed by atoms with Crippen LogP contribution in [0, 0.1) is 12.8 Å². The van der Waals surface area contributed by atoms with Crippen LogP contribution in [0.2, 0.25) is 0 Å². The largest absolute Gasteiger partial charge is 0.496 e.